The lowest BCUT2D eigenvalue weighted by molar-refractivity contribution is -0.143. The monoisotopic (exact) mass is 449 g/mol. The van der Waals surface area contributed by atoms with Crippen molar-refractivity contribution in [2.24, 2.45) is 11.5 Å². The van der Waals surface area contributed by atoms with Gasteiger partial charge in [-0.05, 0) is 19.8 Å². The predicted octanol–water partition coefficient (Wildman–Crippen LogP) is -3.07. The molecule has 0 bridgehead atoms. The summed E-state index contributed by atoms with van der Waals surface area (Å²) in [7, 11) is 0. The fourth-order valence-corrected chi connectivity index (χ4v) is 2.38. The number of carbonyl (C=O) groups is 6. The molecule has 0 aliphatic carbocycles. The number of hydrogen-bond acceptors (Lipinski definition) is 8. The summed E-state index contributed by atoms with van der Waals surface area (Å²) < 4.78 is 0. The number of primary amides is 1. The van der Waals surface area contributed by atoms with E-state index in [1.165, 1.54) is 6.92 Å². The van der Waals surface area contributed by atoms with Crippen molar-refractivity contribution in [2.75, 3.05) is 5.75 Å². The number of carbonyl (C=O) groups excluding carboxylic acids is 4. The third kappa shape index (κ3) is 10.6. The number of aliphatic carboxylic acids is 2. The molecular weight excluding hydrogens is 422 g/mol. The number of carboxylic acid groups (broad SMARTS) is 2. The topological polar surface area (TPSA) is 231 Å². The molecule has 170 valence electrons. The number of carboxylic acids is 2. The highest BCUT2D eigenvalue weighted by Gasteiger charge is 2.29. The van der Waals surface area contributed by atoms with Gasteiger partial charge in [0.25, 0.3) is 0 Å². The van der Waals surface area contributed by atoms with Crippen molar-refractivity contribution in [3.63, 3.8) is 0 Å². The molecule has 4 unspecified atom stereocenters. The van der Waals surface area contributed by atoms with E-state index in [-0.39, 0.29) is 18.6 Å². The van der Waals surface area contributed by atoms with Crippen molar-refractivity contribution in [1.82, 2.24) is 16.0 Å². The summed E-state index contributed by atoms with van der Waals surface area (Å²) in [6.45, 7) is 1.40. The molecule has 0 aliphatic rings. The van der Waals surface area contributed by atoms with Gasteiger partial charge in [-0.3, -0.25) is 24.0 Å². The Morgan fingerprint density at radius 2 is 1.30 bits per heavy atom. The molecule has 4 amide bonds. The maximum atomic E-state index is 12.5. The molecule has 0 heterocycles. The van der Waals surface area contributed by atoms with Gasteiger partial charge in [-0.1, -0.05) is 0 Å². The van der Waals surface area contributed by atoms with Crippen LogP contribution in [0.4, 0.5) is 0 Å². The van der Waals surface area contributed by atoms with E-state index in [2.05, 4.69) is 28.6 Å². The average Bonchev–Trinajstić information content (AvgIpc) is 2.64. The average molecular weight is 449 g/mol. The van der Waals surface area contributed by atoms with Crippen molar-refractivity contribution in [2.45, 2.75) is 56.8 Å². The number of nitrogens with one attached hydrogen (secondary N) is 3. The molecule has 0 saturated heterocycles. The van der Waals surface area contributed by atoms with E-state index >= 15 is 0 Å². The smallest absolute Gasteiger partial charge is 0.326 e. The predicted molar refractivity (Wildman–Crippen MR) is 106 cm³/mol. The highest BCUT2D eigenvalue weighted by atomic mass is 32.1. The van der Waals surface area contributed by atoms with Crippen molar-refractivity contribution in [3.05, 3.63) is 0 Å². The zero-order valence-corrected chi connectivity index (χ0v) is 17.2. The number of hydrogen-bond donors (Lipinski definition) is 8. The Morgan fingerprint density at radius 1 is 0.833 bits per heavy atom. The Bertz CT molecular complexity index is 672. The van der Waals surface area contributed by atoms with E-state index < -0.39 is 72.6 Å². The lowest BCUT2D eigenvalue weighted by atomic mass is 10.1. The normalized spacial score (nSPS) is 14.5. The number of nitrogens with two attached hydrogens (primary N) is 2. The summed E-state index contributed by atoms with van der Waals surface area (Å²) in [6.07, 6.45) is -1.46. The van der Waals surface area contributed by atoms with Crippen LogP contribution < -0.4 is 27.4 Å². The summed E-state index contributed by atoms with van der Waals surface area (Å²) in [4.78, 5) is 69.6. The molecule has 0 aromatic carbocycles. The molecular formula is C16H27N5O8S. The van der Waals surface area contributed by atoms with Crippen LogP contribution in [0.25, 0.3) is 0 Å². The van der Waals surface area contributed by atoms with Gasteiger partial charge in [-0.2, -0.15) is 12.6 Å². The van der Waals surface area contributed by atoms with Gasteiger partial charge in [0.15, 0.2) is 0 Å². The van der Waals surface area contributed by atoms with Gasteiger partial charge in [0.05, 0.1) is 6.04 Å². The largest absolute Gasteiger partial charge is 0.481 e. The first-order valence-corrected chi connectivity index (χ1v) is 9.52. The van der Waals surface area contributed by atoms with Gasteiger partial charge >= 0.3 is 11.9 Å². The Hall–Kier alpha value is -2.87. The van der Waals surface area contributed by atoms with Crippen LogP contribution in [0.1, 0.15) is 32.6 Å². The maximum absolute atomic E-state index is 12.5. The van der Waals surface area contributed by atoms with Gasteiger partial charge in [-0.25, -0.2) is 4.79 Å². The fourth-order valence-electron chi connectivity index (χ4n) is 2.12. The van der Waals surface area contributed by atoms with Crippen LogP contribution in [0, 0.1) is 0 Å². The number of thiol groups is 1. The highest BCUT2D eigenvalue weighted by molar-refractivity contribution is 7.80. The first kappa shape index (κ1) is 27.1. The molecule has 9 N–H and O–H groups in total. The molecule has 0 saturated carbocycles. The van der Waals surface area contributed by atoms with Crippen LogP contribution in [0.5, 0.6) is 0 Å². The molecule has 14 heteroatoms. The Kier molecular flexibility index (Phi) is 12.1. The van der Waals surface area contributed by atoms with E-state index in [0.717, 1.165) is 0 Å². The van der Waals surface area contributed by atoms with Crippen LogP contribution in [-0.2, 0) is 28.8 Å². The third-order valence-electron chi connectivity index (χ3n) is 3.80. The minimum atomic E-state index is -1.53. The Morgan fingerprint density at radius 3 is 1.73 bits per heavy atom. The van der Waals surface area contributed by atoms with Crippen LogP contribution in [0.3, 0.4) is 0 Å². The lowest BCUT2D eigenvalue weighted by Gasteiger charge is -2.24. The van der Waals surface area contributed by atoms with Crippen molar-refractivity contribution in [3.8, 4) is 0 Å². The first-order chi connectivity index (χ1) is 13.9. The Labute approximate surface area is 177 Å². The molecule has 0 fully saturated rings. The molecule has 0 aromatic rings. The zero-order chi connectivity index (χ0) is 23.4. The van der Waals surface area contributed by atoms with Crippen molar-refractivity contribution >= 4 is 48.2 Å². The molecule has 4 atom stereocenters. The third-order valence-corrected chi connectivity index (χ3v) is 4.17. The molecule has 0 aliphatic heterocycles. The molecule has 0 aromatic heterocycles. The number of amides is 4. The van der Waals surface area contributed by atoms with Crippen molar-refractivity contribution < 1.29 is 39.0 Å². The molecule has 0 rings (SSSR count). The summed E-state index contributed by atoms with van der Waals surface area (Å²) in [5, 5.41) is 24.6. The van der Waals surface area contributed by atoms with Gasteiger partial charge in [0.2, 0.25) is 23.6 Å². The number of rotatable bonds is 14. The van der Waals surface area contributed by atoms with E-state index in [4.69, 9.17) is 21.7 Å². The second-order valence-electron chi connectivity index (χ2n) is 6.43. The standard InChI is InChI=1S/C16H27N5O8S/c1-7(17)13(25)21-10(6-30)15(27)19-8(2-4-11(18)22)14(26)20-9(16(28)29)3-5-12(23)24/h7-10,30H,2-6,17H2,1H3,(H2,18,22)(H,19,27)(H,20,26)(H,21,25)(H,23,24)(H,28,29). The van der Waals surface area contributed by atoms with Gasteiger partial charge < -0.3 is 37.6 Å². The van der Waals surface area contributed by atoms with Crippen LogP contribution >= 0.6 is 12.6 Å². The minimum Gasteiger partial charge on any atom is -0.481 e. The van der Waals surface area contributed by atoms with E-state index in [9.17, 15) is 28.8 Å². The van der Waals surface area contributed by atoms with E-state index in [0.29, 0.717) is 0 Å². The molecule has 0 radical (unpaired) electrons. The molecule has 13 nitrogen and oxygen atoms in total. The molecule has 0 spiro atoms. The minimum absolute atomic E-state index is 0.134. The second-order valence-corrected chi connectivity index (χ2v) is 6.80. The quantitative estimate of drug-likeness (QED) is 0.126. The zero-order valence-electron chi connectivity index (χ0n) is 16.3. The van der Waals surface area contributed by atoms with Gasteiger partial charge in [0.1, 0.15) is 18.1 Å². The van der Waals surface area contributed by atoms with E-state index in [1.807, 2.05) is 0 Å². The van der Waals surface area contributed by atoms with E-state index in [1.54, 1.807) is 0 Å². The van der Waals surface area contributed by atoms with Crippen LogP contribution in [-0.4, -0.2) is 75.7 Å². The fraction of sp³-hybridized carbons (Fsp3) is 0.625. The maximum Gasteiger partial charge on any atom is 0.326 e. The first-order valence-electron chi connectivity index (χ1n) is 8.89. The van der Waals surface area contributed by atoms with Crippen LogP contribution in [0.2, 0.25) is 0 Å². The lowest BCUT2D eigenvalue weighted by Crippen LogP contribution is -2.57. The van der Waals surface area contributed by atoms with Crippen molar-refractivity contribution in [1.29, 1.82) is 0 Å². The SMILES string of the molecule is CC(N)C(=O)NC(CS)C(=O)NC(CCC(N)=O)C(=O)NC(CCC(=O)O)C(=O)O. The second kappa shape index (κ2) is 13.4. The van der Waals surface area contributed by atoms with Gasteiger partial charge in [-0.15, -0.1) is 0 Å². The summed E-state index contributed by atoms with van der Waals surface area (Å²) in [5.74, 6) is -6.04. The Balaban J connectivity index is 5.30. The van der Waals surface area contributed by atoms with Crippen LogP contribution in [0.15, 0.2) is 0 Å². The van der Waals surface area contributed by atoms with Gasteiger partial charge in [0, 0.05) is 18.6 Å². The summed E-state index contributed by atoms with van der Waals surface area (Å²) in [5.41, 5.74) is 10.5. The summed E-state index contributed by atoms with van der Waals surface area (Å²) in [6, 6.07) is -4.95. The summed E-state index contributed by atoms with van der Waals surface area (Å²) >= 11 is 3.96. The highest BCUT2D eigenvalue weighted by Crippen LogP contribution is 2.04. The molecule has 30 heavy (non-hydrogen) atoms.